The van der Waals surface area contributed by atoms with Crippen LogP contribution >= 0.6 is 0 Å². The smallest absolute Gasteiger partial charge is 0.226 e. The third-order valence-electron chi connectivity index (χ3n) is 7.30. The highest BCUT2D eigenvalue weighted by Crippen LogP contribution is 2.33. The maximum Gasteiger partial charge on any atom is 0.226 e. The number of nitrogens with zero attached hydrogens (tertiary/aromatic N) is 2. The van der Waals surface area contributed by atoms with Crippen molar-refractivity contribution in [1.29, 1.82) is 0 Å². The second-order valence-corrected chi connectivity index (χ2v) is 9.79. The molecule has 5 rings (SSSR count). The number of pyridine rings is 1. The molecule has 0 spiro atoms. The van der Waals surface area contributed by atoms with Gasteiger partial charge < -0.3 is 14.4 Å². The lowest BCUT2D eigenvalue weighted by Crippen LogP contribution is -2.36. The molecule has 0 radical (unpaired) electrons. The van der Waals surface area contributed by atoms with Crippen LogP contribution in [0.2, 0.25) is 0 Å². The van der Waals surface area contributed by atoms with Gasteiger partial charge in [-0.15, -0.1) is 0 Å². The first-order valence-corrected chi connectivity index (χ1v) is 12.8. The predicted molar refractivity (Wildman–Crippen MR) is 136 cm³/mol. The Kier molecular flexibility index (Phi) is 7.31. The Morgan fingerprint density at radius 1 is 0.886 bits per heavy atom. The number of benzene rings is 2. The van der Waals surface area contributed by atoms with Crippen LogP contribution in [0.4, 0.5) is 0 Å². The van der Waals surface area contributed by atoms with Crippen molar-refractivity contribution in [2.75, 3.05) is 7.11 Å². The van der Waals surface area contributed by atoms with Crippen LogP contribution < -0.4 is 9.47 Å². The molecule has 1 saturated carbocycles. The molecule has 1 amide bonds. The molecule has 0 N–H and O–H groups in total. The Hall–Kier alpha value is -3.34. The average Bonchev–Trinajstić information content (AvgIpc) is 3.32. The maximum atomic E-state index is 13.5. The van der Waals surface area contributed by atoms with Crippen LogP contribution in [0.15, 0.2) is 67.0 Å². The Morgan fingerprint density at radius 2 is 1.57 bits per heavy atom. The molecule has 5 heteroatoms. The Bertz CT molecular complexity index is 1120. The molecular formula is C30H34N2O3. The van der Waals surface area contributed by atoms with Gasteiger partial charge in [-0.25, -0.2) is 0 Å². The second-order valence-electron chi connectivity index (χ2n) is 9.79. The number of carbonyl (C=O) groups is 1. The molecule has 0 bridgehead atoms. The lowest BCUT2D eigenvalue weighted by Gasteiger charge is -2.30. The van der Waals surface area contributed by atoms with Gasteiger partial charge in [-0.05, 0) is 59.4 Å². The van der Waals surface area contributed by atoms with E-state index in [0.717, 1.165) is 55.4 Å². The number of methoxy groups -OCH3 is 1. The molecule has 1 aromatic heterocycles. The molecule has 1 fully saturated rings. The fourth-order valence-corrected chi connectivity index (χ4v) is 5.44. The molecule has 0 unspecified atom stereocenters. The average molecular weight is 471 g/mol. The number of aromatic nitrogens is 1. The van der Waals surface area contributed by atoms with E-state index in [-0.39, 0.29) is 17.9 Å². The van der Waals surface area contributed by atoms with Crippen molar-refractivity contribution >= 4 is 5.91 Å². The van der Waals surface area contributed by atoms with E-state index in [0.29, 0.717) is 18.8 Å². The van der Waals surface area contributed by atoms with Gasteiger partial charge in [0, 0.05) is 44.2 Å². The van der Waals surface area contributed by atoms with Gasteiger partial charge in [0.1, 0.15) is 6.10 Å². The highest BCUT2D eigenvalue weighted by molar-refractivity contribution is 5.79. The Balaban J connectivity index is 1.31. The fraction of sp³-hybridized carbons (Fsp3) is 0.400. The van der Waals surface area contributed by atoms with Crippen molar-refractivity contribution in [2.24, 2.45) is 5.92 Å². The van der Waals surface area contributed by atoms with Crippen LogP contribution in [0.5, 0.6) is 11.5 Å². The van der Waals surface area contributed by atoms with E-state index >= 15 is 0 Å². The lowest BCUT2D eigenvalue weighted by atomic mass is 9.88. The van der Waals surface area contributed by atoms with Crippen molar-refractivity contribution < 1.29 is 14.3 Å². The third-order valence-corrected chi connectivity index (χ3v) is 7.30. The predicted octanol–water partition coefficient (Wildman–Crippen LogP) is 5.75. The van der Waals surface area contributed by atoms with Gasteiger partial charge in [-0.3, -0.25) is 9.78 Å². The molecule has 1 heterocycles. The molecule has 35 heavy (non-hydrogen) atoms. The van der Waals surface area contributed by atoms with E-state index < -0.39 is 0 Å². The van der Waals surface area contributed by atoms with Crippen LogP contribution in [0.25, 0.3) is 0 Å². The van der Waals surface area contributed by atoms with Crippen molar-refractivity contribution in [3.8, 4) is 11.5 Å². The van der Waals surface area contributed by atoms with Gasteiger partial charge in [-0.2, -0.15) is 0 Å². The van der Waals surface area contributed by atoms with Gasteiger partial charge in [0.25, 0.3) is 0 Å². The first-order valence-electron chi connectivity index (χ1n) is 12.8. The van der Waals surface area contributed by atoms with Gasteiger partial charge >= 0.3 is 0 Å². The van der Waals surface area contributed by atoms with Crippen LogP contribution in [0.3, 0.4) is 0 Å². The fourth-order valence-electron chi connectivity index (χ4n) is 5.44. The summed E-state index contributed by atoms with van der Waals surface area (Å²) in [4.78, 5) is 19.6. The van der Waals surface area contributed by atoms with Gasteiger partial charge in [-0.1, -0.05) is 49.6 Å². The van der Waals surface area contributed by atoms with Gasteiger partial charge in [0.05, 0.1) is 7.11 Å². The number of rotatable bonds is 8. The normalized spacial score (nSPS) is 16.0. The summed E-state index contributed by atoms with van der Waals surface area (Å²) >= 11 is 0. The monoisotopic (exact) mass is 470 g/mol. The summed E-state index contributed by atoms with van der Waals surface area (Å²) in [6, 6.07) is 18.6. The molecule has 2 aliphatic carbocycles. The summed E-state index contributed by atoms with van der Waals surface area (Å²) in [6.45, 7) is 1.13. The zero-order chi connectivity index (χ0) is 24.0. The van der Waals surface area contributed by atoms with E-state index in [1.165, 1.54) is 17.5 Å². The molecule has 0 atom stereocenters. The highest BCUT2D eigenvalue weighted by atomic mass is 16.5. The topological polar surface area (TPSA) is 51.7 Å². The summed E-state index contributed by atoms with van der Waals surface area (Å²) in [5.41, 5.74) is 4.86. The number of hydrogen-bond acceptors (Lipinski definition) is 4. The SMILES string of the molecule is COc1cc(CN(Cc2ccncc2)C(=O)C2CCCCC2)ccc1OC1Cc2ccccc2C1. The summed E-state index contributed by atoms with van der Waals surface area (Å²) in [6.07, 6.45) is 11.0. The minimum Gasteiger partial charge on any atom is -0.493 e. The van der Waals surface area contributed by atoms with Crippen molar-refractivity contribution in [3.63, 3.8) is 0 Å². The minimum absolute atomic E-state index is 0.114. The van der Waals surface area contributed by atoms with E-state index in [1.807, 2.05) is 29.2 Å². The van der Waals surface area contributed by atoms with Crippen molar-refractivity contribution in [1.82, 2.24) is 9.88 Å². The summed E-state index contributed by atoms with van der Waals surface area (Å²) in [5.74, 6) is 1.85. The maximum absolute atomic E-state index is 13.5. The summed E-state index contributed by atoms with van der Waals surface area (Å²) in [5, 5.41) is 0. The van der Waals surface area contributed by atoms with E-state index in [9.17, 15) is 4.79 Å². The molecule has 182 valence electrons. The van der Waals surface area contributed by atoms with Crippen LogP contribution in [0, 0.1) is 5.92 Å². The molecule has 5 nitrogen and oxygen atoms in total. The molecule has 0 aliphatic heterocycles. The summed E-state index contributed by atoms with van der Waals surface area (Å²) in [7, 11) is 1.68. The number of amides is 1. The van der Waals surface area contributed by atoms with Gasteiger partial charge in [0.2, 0.25) is 5.91 Å². The second kappa shape index (κ2) is 10.9. The third kappa shape index (κ3) is 5.67. The van der Waals surface area contributed by atoms with E-state index in [1.54, 1.807) is 19.5 Å². The van der Waals surface area contributed by atoms with E-state index in [4.69, 9.17) is 9.47 Å². The molecule has 2 aromatic carbocycles. The largest absolute Gasteiger partial charge is 0.493 e. The zero-order valence-electron chi connectivity index (χ0n) is 20.5. The molecule has 3 aromatic rings. The van der Waals surface area contributed by atoms with Crippen molar-refractivity contribution in [2.45, 2.75) is 64.1 Å². The Labute approximate surface area is 208 Å². The molecular weight excluding hydrogens is 436 g/mol. The summed E-state index contributed by atoms with van der Waals surface area (Å²) < 4.78 is 12.1. The van der Waals surface area contributed by atoms with Crippen LogP contribution in [-0.2, 0) is 30.7 Å². The van der Waals surface area contributed by atoms with Gasteiger partial charge in [0.15, 0.2) is 11.5 Å². The molecule has 0 saturated heterocycles. The minimum atomic E-state index is 0.114. The van der Waals surface area contributed by atoms with Crippen molar-refractivity contribution in [3.05, 3.63) is 89.2 Å². The first-order chi connectivity index (χ1) is 17.2. The number of hydrogen-bond donors (Lipinski definition) is 0. The lowest BCUT2D eigenvalue weighted by molar-refractivity contribution is -0.137. The number of carbonyl (C=O) groups excluding carboxylic acids is 1. The quantitative estimate of drug-likeness (QED) is 0.421. The molecule has 2 aliphatic rings. The standard InChI is InChI=1S/C30H34N2O3/c1-34-29-17-23(11-12-28(29)35-27-18-25-9-5-6-10-26(25)19-27)21-32(20-22-13-15-31-16-14-22)30(33)24-7-3-2-4-8-24/h5-6,9-17,24,27H,2-4,7-8,18-21H2,1H3. The van der Waals surface area contributed by atoms with Crippen LogP contribution in [0.1, 0.15) is 54.4 Å². The Morgan fingerprint density at radius 3 is 2.26 bits per heavy atom. The first kappa shape index (κ1) is 23.4. The zero-order valence-corrected chi connectivity index (χ0v) is 20.5. The number of fused-ring (bicyclic) bond motifs is 1. The highest BCUT2D eigenvalue weighted by Gasteiger charge is 2.27. The number of ether oxygens (including phenoxy) is 2. The van der Waals surface area contributed by atoms with Crippen LogP contribution in [-0.4, -0.2) is 29.0 Å². The van der Waals surface area contributed by atoms with E-state index in [2.05, 4.69) is 35.3 Å².